The first-order chi connectivity index (χ1) is 13.3. The van der Waals surface area contributed by atoms with E-state index < -0.39 is 14.6 Å². The Morgan fingerprint density at radius 2 is 1.50 bits per heavy atom. The number of carbonyl (C=O) groups is 1. The maximum atomic E-state index is 12.1. The second-order valence-corrected chi connectivity index (χ2v) is 13.1. The van der Waals surface area contributed by atoms with Gasteiger partial charge in [-0.1, -0.05) is 88.4 Å². The molecule has 2 aromatic rings. The average Bonchev–Trinajstić information content (AvgIpc) is 3.20. The van der Waals surface area contributed by atoms with E-state index in [9.17, 15) is 4.79 Å². The summed E-state index contributed by atoms with van der Waals surface area (Å²) in [6, 6.07) is 21.0. The minimum absolute atomic E-state index is 0.0610. The maximum absolute atomic E-state index is 12.1. The highest BCUT2D eigenvalue weighted by atomic mass is 28.4. The molecule has 4 rings (SSSR count). The first kappa shape index (κ1) is 19.4. The molecule has 2 aromatic carbocycles. The Bertz CT molecular complexity index is 791. The molecule has 28 heavy (non-hydrogen) atoms. The first-order valence-electron chi connectivity index (χ1n) is 9.95. The Hall–Kier alpha value is -1.95. The molecular weight excluding hydrogens is 368 g/mol. The second-order valence-electron chi connectivity index (χ2n) is 8.82. The number of carbonyl (C=O) groups excluding carboxylic acids is 1. The van der Waals surface area contributed by atoms with Crippen LogP contribution in [-0.4, -0.2) is 33.3 Å². The molecule has 148 valence electrons. The van der Waals surface area contributed by atoms with E-state index in [-0.39, 0.29) is 28.9 Å². The van der Waals surface area contributed by atoms with Crippen LogP contribution in [0.3, 0.4) is 0 Å². The summed E-state index contributed by atoms with van der Waals surface area (Å²) in [6.07, 6.45) is -0.650. The molecule has 0 aromatic heterocycles. The Kier molecular flexibility index (Phi) is 4.94. The molecule has 0 N–H and O–H groups in total. The van der Waals surface area contributed by atoms with Crippen LogP contribution in [0.5, 0.6) is 0 Å². The number of benzene rings is 2. The third-order valence-corrected chi connectivity index (χ3v) is 11.1. The van der Waals surface area contributed by atoms with Crippen LogP contribution in [0, 0.1) is 11.8 Å². The van der Waals surface area contributed by atoms with E-state index in [0.29, 0.717) is 6.61 Å². The second kappa shape index (κ2) is 7.14. The van der Waals surface area contributed by atoms with Crippen LogP contribution >= 0.6 is 0 Å². The number of hydrogen-bond acceptors (Lipinski definition) is 4. The van der Waals surface area contributed by atoms with Crippen molar-refractivity contribution in [2.45, 2.75) is 45.1 Å². The number of hydrogen-bond donors (Lipinski definition) is 0. The van der Waals surface area contributed by atoms with E-state index >= 15 is 0 Å². The standard InChI is InChI=1S/C23H28O4Si/c1-16-20-19(26-21(16)24)15-25-22(20)27-28(23(2,3)4,17-11-7-5-8-12-17)18-13-9-6-10-14-18/h5-14,16,19-20,22H,15H2,1-4H3/t16?,19-,20+,22-/m0/s1. The number of ether oxygens (including phenoxy) is 2. The zero-order valence-electron chi connectivity index (χ0n) is 16.9. The summed E-state index contributed by atoms with van der Waals surface area (Å²) in [4.78, 5) is 12.1. The average molecular weight is 397 g/mol. The fourth-order valence-corrected chi connectivity index (χ4v) is 9.24. The molecule has 5 heteroatoms. The van der Waals surface area contributed by atoms with Gasteiger partial charge in [-0.15, -0.1) is 0 Å². The molecule has 0 aliphatic carbocycles. The van der Waals surface area contributed by atoms with Crippen molar-refractivity contribution < 1.29 is 18.7 Å². The normalized spacial score (nSPS) is 27.5. The van der Waals surface area contributed by atoms with E-state index in [4.69, 9.17) is 13.9 Å². The molecule has 0 saturated carbocycles. The summed E-state index contributed by atoms with van der Waals surface area (Å²) < 4.78 is 18.6. The van der Waals surface area contributed by atoms with Crippen LogP contribution in [0.1, 0.15) is 27.7 Å². The van der Waals surface area contributed by atoms with Crippen LogP contribution in [0.2, 0.25) is 5.04 Å². The predicted molar refractivity (Wildman–Crippen MR) is 111 cm³/mol. The fraction of sp³-hybridized carbons (Fsp3) is 0.435. The van der Waals surface area contributed by atoms with Gasteiger partial charge in [-0.2, -0.15) is 0 Å². The Labute approximate surface area is 167 Å². The molecule has 4 atom stereocenters. The zero-order chi connectivity index (χ0) is 19.9. The minimum Gasteiger partial charge on any atom is -0.459 e. The van der Waals surface area contributed by atoms with E-state index in [1.807, 2.05) is 19.1 Å². The molecule has 2 aliphatic rings. The van der Waals surface area contributed by atoms with Crippen LogP contribution in [0.25, 0.3) is 0 Å². The molecule has 0 bridgehead atoms. The van der Waals surface area contributed by atoms with Crippen molar-refractivity contribution in [1.29, 1.82) is 0 Å². The number of esters is 1. The highest BCUT2D eigenvalue weighted by molar-refractivity contribution is 6.99. The van der Waals surface area contributed by atoms with Gasteiger partial charge in [-0.3, -0.25) is 4.79 Å². The monoisotopic (exact) mass is 396 g/mol. The van der Waals surface area contributed by atoms with Crippen molar-refractivity contribution in [3.8, 4) is 0 Å². The van der Waals surface area contributed by atoms with Gasteiger partial charge >= 0.3 is 5.97 Å². The predicted octanol–water partition coefficient (Wildman–Crippen LogP) is 3.10. The molecule has 0 radical (unpaired) electrons. The van der Waals surface area contributed by atoms with Crippen molar-refractivity contribution in [3.63, 3.8) is 0 Å². The van der Waals surface area contributed by atoms with Gasteiger partial charge < -0.3 is 13.9 Å². The van der Waals surface area contributed by atoms with Crippen LogP contribution in [0.4, 0.5) is 0 Å². The number of fused-ring (bicyclic) bond motifs is 1. The first-order valence-corrected chi connectivity index (χ1v) is 11.9. The smallest absolute Gasteiger partial charge is 0.309 e. The van der Waals surface area contributed by atoms with E-state index in [2.05, 4.69) is 69.3 Å². The van der Waals surface area contributed by atoms with Gasteiger partial charge in [0.2, 0.25) is 0 Å². The maximum Gasteiger partial charge on any atom is 0.309 e. The largest absolute Gasteiger partial charge is 0.459 e. The minimum atomic E-state index is -2.72. The van der Waals surface area contributed by atoms with Crippen molar-refractivity contribution in [2.24, 2.45) is 11.8 Å². The highest BCUT2D eigenvalue weighted by Crippen LogP contribution is 2.43. The third-order valence-electron chi connectivity index (χ3n) is 6.09. The topological polar surface area (TPSA) is 44.8 Å². The molecule has 2 heterocycles. The molecule has 4 nitrogen and oxygen atoms in total. The summed E-state index contributed by atoms with van der Waals surface area (Å²) in [6.45, 7) is 9.05. The van der Waals surface area contributed by atoms with E-state index in [0.717, 1.165) is 0 Å². The lowest BCUT2D eigenvalue weighted by atomic mass is 9.93. The molecule has 1 unspecified atom stereocenters. The molecule has 2 aliphatic heterocycles. The SMILES string of the molecule is CC1C(=O)O[C@H]2CO[C@@H](O[Si](c3ccccc3)(c3ccccc3)C(C)(C)C)[C@H]12. The summed E-state index contributed by atoms with van der Waals surface area (Å²) in [5, 5.41) is 2.28. The summed E-state index contributed by atoms with van der Waals surface area (Å²) >= 11 is 0. The molecule has 2 saturated heterocycles. The fourth-order valence-electron chi connectivity index (χ4n) is 4.65. The summed E-state index contributed by atoms with van der Waals surface area (Å²) in [5.74, 6) is -0.417. The van der Waals surface area contributed by atoms with Crippen LogP contribution < -0.4 is 10.4 Å². The van der Waals surface area contributed by atoms with Gasteiger partial charge in [0.1, 0.15) is 6.10 Å². The number of rotatable bonds is 4. The van der Waals surface area contributed by atoms with Gasteiger partial charge in [0.05, 0.1) is 18.4 Å². The van der Waals surface area contributed by atoms with Gasteiger partial charge in [-0.25, -0.2) is 0 Å². The lowest BCUT2D eigenvalue weighted by Crippen LogP contribution is -2.68. The molecule has 0 spiro atoms. The summed E-state index contributed by atoms with van der Waals surface area (Å²) in [7, 11) is -2.72. The van der Waals surface area contributed by atoms with Crippen molar-refractivity contribution in [2.75, 3.05) is 6.61 Å². The van der Waals surface area contributed by atoms with E-state index in [1.165, 1.54) is 10.4 Å². The quantitative estimate of drug-likeness (QED) is 0.588. The van der Waals surface area contributed by atoms with Gasteiger partial charge in [0.15, 0.2) is 6.29 Å². The lowest BCUT2D eigenvalue weighted by Gasteiger charge is -2.45. The molecule has 0 amide bonds. The van der Waals surface area contributed by atoms with Crippen LogP contribution in [-0.2, 0) is 18.7 Å². The molecule has 2 fully saturated rings. The molecular formula is C23H28O4Si. The summed E-state index contributed by atoms with van der Waals surface area (Å²) in [5.41, 5.74) is 0. The zero-order valence-corrected chi connectivity index (χ0v) is 17.9. The van der Waals surface area contributed by atoms with Gasteiger partial charge in [-0.05, 0) is 15.4 Å². The Morgan fingerprint density at radius 1 is 0.964 bits per heavy atom. The highest BCUT2D eigenvalue weighted by Gasteiger charge is 2.58. The van der Waals surface area contributed by atoms with Gasteiger partial charge in [0, 0.05) is 0 Å². The van der Waals surface area contributed by atoms with Crippen LogP contribution in [0.15, 0.2) is 60.7 Å². The Balaban J connectivity index is 1.83. The van der Waals surface area contributed by atoms with Crippen molar-refractivity contribution in [1.82, 2.24) is 0 Å². The Morgan fingerprint density at radius 3 is 2.00 bits per heavy atom. The third kappa shape index (κ3) is 3.02. The lowest BCUT2D eigenvalue weighted by molar-refractivity contribution is -0.148. The van der Waals surface area contributed by atoms with Gasteiger partial charge in [0.25, 0.3) is 8.32 Å². The van der Waals surface area contributed by atoms with E-state index in [1.54, 1.807) is 0 Å². The van der Waals surface area contributed by atoms with Crippen molar-refractivity contribution >= 4 is 24.7 Å². The van der Waals surface area contributed by atoms with Crippen molar-refractivity contribution in [3.05, 3.63) is 60.7 Å².